The molecule has 0 spiro atoms. The highest BCUT2D eigenvalue weighted by Crippen LogP contribution is 2.26. The Hall–Kier alpha value is -3.05. The SMILES string of the molecule is CCN(C(=O)CSc1nc2ccccc2n1Cc1ccccc1)c1ccccc1. The molecule has 0 saturated heterocycles. The monoisotopic (exact) mass is 401 g/mol. The zero-order valence-electron chi connectivity index (χ0n) is 16.4. The van der Waals surface area contributed by atoms with Gasteiger partial charge in [0.25, 0.3) is 0 Å². The predicted octanol–water partition coefficient (Wildman–Crippen LogP) is 5.23. The Kier molecular flexibility index (Phi) is 5.96. The van der Waals surface area contributed by atoms with Crippen LogP contribution in [0.5, 0.6) is 0 Å². The lowest BCUT2D eigenvalue weighted by Gasteiger charge is -2.20. The highest BCUT2D eigenvalue weighted by molar-refractivity contribution is 7.99. The maximum atomic E-state index is 12.9. The summed E-state index contributed by atoms with van der Waals surface area (Å²) in [5, 5.41) is 0.868. The number of rotatable bonds is 7. The summed E-state index contributed by atoms with van der Waals surface area (Å²) >= 11 is 1.50. The molecule has 4 aromatic rings. The molecule has 0 saturated carbocycles. The molecule has 1 heterocycles. The largest absolute Gasteiger partial charge is 0.314 e. The number of hydrogen-bond donors (Lipinski definition) is 0. The van der Waals surface area contributed by atoms with Crippen LogP contribution in [0.25, 0.3) is 11.0 Å². The molecule has 0 fully saturated rings. The van der Waals surface area contributed by atoms with Crippen LogP contribution in [-0.4, -0.2) is 27.8 Å². The van der Waals surface area contributed by atoms with Gasteiger partial charge >= 0.3 is 0 Å². The van der Waals surface area contributed by atoms with E-state index in [1.807, 2.05) is 78.6 Å². The average molecular weight is 402 g/mol. The molecule has 0 bridgehead atoms. The number of hydrogen-bond acceptors (Lipinski definition) is 3. The van der Waals surface area contributed by atoms with Crippen LogP contribution in [0.1, 0.15) is 12.5 Å². The van der Waals surface area contributed by atoms with Crippen molar-refractivity contribution in [3.63, 3.8) is 0 Å². The zero-order valence-corrected chi connectivity index (χ0v) is 17.2. The van der Waals surface area contributed by atoms with Gasteiger partial charge in [-0.2, -0.15) is 0 Å². The lowest BCUT2D eigenvalue weighted by molar-refractivity contribution is -0.116. The summed E-state index contributed by atoms with van der Waals surface area (Å²) in [5.41, 5.74) is 4.18. The molecular weight excluding hydrogens is 378 g/mol. The van der Waals surface area contributed by atoms with Crippen molar-refractivity contribution in [3.8, 4) is 0 Å². The Morgan fingerprint density at radius 3 is 2.31 bits per heavy atom. The van der Waals surface area contributed by atoms with E-state index in [9.17, 15) is 4.79 Å². The molecule has 0 atom stereocenters. The first-order valence-electron chi connectivity index (χ1n) is 9.73. The van der Waals surface area contributed by atoms with Gasteiger partial charge in [0.15, 0.2) is 5.16 Å². The number of carbonyl (C=O) groups excluding carboxylic acids is 1. The van der Waals surface area contributed by atoms with Crippen molar-refractivity contribution in [2.24, 2.45) is 0 Å². The number of fused-ring (bicyclic) bond motifs is 1. The van der Waals surface area contributed by atoms with E-state index >= 15 is 0 Å². The summed E-state index contributed by atoms with van der Waals surface area (Å²) in [5.74, 6) is 0.433. The quantitative estimate of drug-likeness (QED) is 0.398. The highest BCUT2D eigenvalue weighted by atomic mass is 32.2. The Bertz CT molecular complexity index is 1090. The van der Waals surface area contributed by atoms with Gasteiger partial charge in [-0.05, 0) is 36.8 Å². The minimum atomic E-state index is 0.0852. The van der Waals surface area contributed by atoms with Crippen LogP contribution >= 0.6 is 11.8 Å². The first kappa shape index (κ1) is 19.3. The van der Waals surface area contributed by atoms with Gasteiger partial charge in [-0.1, -0.05) is 72.4 Å². The van der Waals surface area contributed by atoms with E-state index in [0.717, 1.165) is 28.4 Å². The minimum Gasteiger partial charge on any atom is -0.314 e. The molecule has 5 heteroatoms. The lowest BCUT2D eigenvalue weighted by Crippen LogP contribution is -2.32. The molecule has 0 aliphatic heterocycles. The van der Waals surface area contributed by atoms with Gasteiger partial charge < -0.3 is 9.47 Å². The second-order valence-corrected chi connectivity index (χ2v) is 7.66. The molecule has 1 aromatic heterocycles. The molecule has 0 aliphatic rings. The Morgan fingerprint density at radius 2 is 1.59 bits per heavy atom. The molecule has 146 valence electrons. The summed E-state index contributed by atoms with van der Waals surface area (Å²) in [4.78, 5) is 19.5. The summed E-state index contributed by atoms with van der Waals surface area (Å²) < 4.78 is 2.20. The molecule has 4 nitrogen and oxygen atoms in total. The first-order chi connectivity index (χ1) is 14.3. The van der Waals surface area contributed by atoms with E-state index in [2.05, 4.69) is 22.8 Å². The average Bonchev–Trinajstić information content (AvgIpc) is 3.12. The van der Waals surface area contributed by atoms with Crippen LogP contribution in [0.15, 0.2) is 90.1 Å². The van der Waals surface area contributed by atoms with Crippen LogP contribution in [0.4, 0.5) is 5.69 Å². The summed E-state index contributed by atoms with van der Waals surface area (Å²) in [6.45, 7) is 3.37. The predicted molar refractivity (Wildman–Crippen MR) is 120 cm³/mol. The van der Waals surface area contributed by atoms with Crippen LogP contribution in [0.2, 0.25) is 0 Å². The molecule has 0 unspecified atom stereocenters. The van der Waals surface area contributed by atoms with E-state index in [-0.39, 0.29) is 5.91 Å². The van der Waals surface area contributed by atoms with Crippen molar-refractivity contribution >= 4 is 34.4 Å². The minimum absolute atomic E-state index is 0.0852. The summed E-state index contributed by atoms with van der Waals surface area (Å²) in [7, 11) is 0. The molecule has 3 aromatic carbocycles. The Balaban J connectivity index is 1.57. The normalized spacial score (nSPS) is 10.9. The third-order valence-corrected chi connectivity index (χ3v) is 5.77. The maximum absolute atomic E-state index is 12.9. The summed E-state index contributed by atoms with van der Waals surface area (Å²) in [6.07, 6.45) is 0. The molecule has 29 heavy (non-hydrogen) atoms. The van der Waals surface area contributed by atoms with Gasteiger partial charge in [0.1, 0.15) is 0 Å². The highest BCUT2D eigenvalue weighted by Gasteiger charge is 2.17. The molecule has 0 radical (unpaired) electrons. The topological polar surface area (TPSA) is 38.1 Å². The molecule has 0 aliphatic carbocycles. The zero-order chi connectivity index (χ0) is 20.1. The number of carbonyl (C=O) groups is 1. The second kappa shape index (κ2) is 8.97. The number of para-hydroxylation sites is 3. The van der Waals surface area contributed by atoms with Crippen molar-refractivity contribution in [2.75, 3.05) is 17.2 Å². The number of aromatic nitrogens is 2. The smallest absolute Gasteiger partial charge is 0.237 e. The van der Waals surface area contributed by atoms with Gasteiger partial charge in [-0.15, -0.1) is 0 Å². The van der Waals surface area contributed by atoms with Crippen molar-refractivity contribution < 1.29 is 4.79 Å². The fraction of sp³-hybridized carbons (Fsp3) is 0.167. The summed E-state index contributed by atoms with van der Waals surface area (Å²) in [6, 6.07) is 28.3. The third kappa shape index (κ3) is 4.35. The van der Waals surface area contributed by atoms with E-state index in [4.69, 9.17) is 4.98 Å². The Morgan fingerprint density at radius 1 is 0.931 bits per heavy atom. The van der Waals surface area contributed by atoms with Crippen LogP contribution in [-0.2, 0) is 11.3 Å². The fourth-order valence-electron chi connectivity index (χ4n) is 3.40. The molecule has 4 rings (SSSR count). The fourth-order valence-corrected chi connectivity index (χ4v) is 4.29. The number of imidazole rings is 1. The second-order valence-electron chi connectivity index (χ2n) is 6.72. The van der Waals surface area contributed by atoms with Crippen LogP contribution in [0, 0.1) is 0 Å². The lowest BCUT2D eigenvalue weighted by atomic mass is 10.2. The number of amides is 1. The van der Waals surface area contributed by atoms with Crippen LogP contribution < -0.4 is 4.90 Å². The first-order valence-corrected chi connectivity index (χ1v) is 10.7. The van der Waals surface area contributed by atoms with Crippen LogP contribution in [0.3, 0.4) is 0 Å². The van der Waals surface area contributed by atoms with Gasteiger partial charge in [-0.3, -0.25) is 4.79 Å². The van der Waals surface area contributed by atoms with Crippen molar-refractivity contribution in [3.05, 3.63) is 90.5 Å². The molecular formula is C24H23N3OS. The van der Waals surface area contributed by atoms with Gasteiger partial charge in [-0.25, -0.2) is 4.98 Å². The molecule has 1 amide bonds. The maximum Gasteiger partial charge on any atom is 0.237 e. The van der Waals surface area contributed by atoms with E-state index < -0.39 is 0 Å². The van der Waals surface area contributed by atoms with Gasteiger partial charge in [0, 0.05) is 12.2 Å². The van der Waals surface area contributed by atoms with Gasteiger partial charge in [0.2, 0.25) is 5.91 Å². The van der Waals surface area contributed by atoms with E-state index in [0.29, 0.717) is 12.3 Å². The van der Waals surface area contributed by atoms with Gasteiger partial charge in [0.05, 0.1) is 23.3 Å². The number of anilines is 1. The number of benzene rings is 3. The third-order valence-electron chi connectivity index (χ3n) is 4.81. The molecule has 0 N–H and O–H groups in total. The van der Waals surface area contributed by atoms with Crippen molar-refractivity contribution in [2.45, 2.75) is 18.6 Å². The number of nitrogens with zero attached hydrogens (tertiary/aromatic N) is 3. The standard InChI is InChI=1S/C24H23N3OS/c1-2-26(20-13-7-4-8-14-20)23(28)18-29-24-25-21-15-9-10-16-22(21)27(24)17-19-11-5-3-6-12-19/h3-16H,2,17-18H2,1H3. The Labute approximate surface area is 175 Å². The van der Waals surface area contributed by atoms with Crippen molar-refractivity contribution in [1.82, 2.24) is 9.55 Å². The van der Waals surface area contributed by atoms with E-state index in [1.165, 1.54) is 17.3 Å². The van der Waals surface area contributed by atoms with E-state index in [1.54, 1.807) is 0 Å². The van der Waals surface area contributed by atoms with Crippen molar-refractivity contribution in [1.29, 1.82) is 0 Å². The number of thioether (sulfide) groups is 1.